The van der Waals surface area contributed by atoms with Gasteiger partial charge < -0.3 is 19.7 Å². The topological polar surface area (TPSA) is 71.1 Å². The largest absolute Gasteiger partial charge is 0.497 e. The van der Waals surface area contributed by atoms with Crippen molar-refractivity contribution in [3.8, 4) is 11.5 Å². The van der Waals surface area contributed by atoms with Crippen LogP contribution in [-0.2, 0) is 28.1 Å². The van der Waals surface area contributed by atoms with Crippen molar-refractivity contribution >= 4 is 29.1 Å². The smallest absolute Gasteiger partial charge is 0.254 e. The van der Waals surface area contributed by atoms with Crippen molar-refractivity contribution in [3.05, 3.63) is 87.9 Å². The highest BCUT2D eigenvalue weighted by atomic mass is 35.5. The molecule has 3 aromatic rings. The predicted molar refractivity (Wildman–Crippen MR) is 139 cm³/mol. The molecule has 0 spiro atoms. The van der Waals surface area contributed by atoms with Crippen LogP contribution in [0.4, 0.5) is 5.69 Å². The fraction of sp³-hybridized carbons (Fsp3) is 0.286. The maximum Gasteiger partial charge on any atom is 0.254 e. The van der Waals surface area contributed by atoms with Crippen LogP contribution in [0.2, 0.25) is 5.02 Å². The Kier molecular flexibility index (Phi) is 6.14. The van der Waals surface area contributed by atoms with E-state index in [4.69, 9.17) is 21.1 Å². The van der Waals surface area contributed by atoms with Crippen LogP contribution in [0.3, 0.4) is 0 Å². The molecule has 2 aliphatic rings. The SMILES string of the molecule is COc1ccc(C2(N3Cc4ccccc4C[C@H]3C(=O)N(C)C)C(=O)Nc3ccc(Cl)cc32)c(OC)c1. The summed E-state index contributed by atoms with van der Waals surface area (Å²) in [6.45, 7) is 0.384. The summed E-state index contributed by atoms with van der Waals surface area (Å²) >= 11 is 6.49. The normalized spacial score (nSPS) is 20.8. The van der Waals surface area contributed by atoms with Crippen LogP contribution in [0.1, 0.15) is 22.3 Å². The number of ether oxygens (including phenoxy) is 2. The molecule has 0 saturated carbocycles. The van der Waals surface area contributed by atoms with E-state index >= 15 is 0 Å². The molecule has 2 amide bonds. The van der Waals surface area contributed by atoms with Gasteiger partial charge in [0.1, 0.15) is 11.5 Å². The number of hydrogen-bond donors (Lipinski definition) is 1. The number of halogens is 1. The zero-order chi connectivity index (χ0) is 25.6. The number of fused-ring (bicyclic) bond motifs is 2. The van der Waals surface area contributed by atoms with Crippen LogP contribution in [0.5, 0.6) is 11.5 Å². The predicted octanol–water partition coefficient (Wildman–Crippen LogP) is 4.07. The number of hydrogen-bond acceptors (Lipinski definition) is 5. The molecule has 0 radical (unpaired) electrons. The second-order valence-electron chi connectivity index (χ2n) is 9.27. The molecule has 1 unspecified atom stereocenters. The first-order chi connectivity index (χ1) is 17.3. The Bertz CT molecular complexity index is 1360. The third kappa shape index (κ3) is 3.62. The molecule has 2 aliphatic heterocycles. The highest BCUT2D eigenvalue weighted by Crippen LogP contribution is 2.52. The minimum atomic E-state index is -1.37. The number of anilines is 1. The number of nitrogens with one attached hydrogen (secondary N) is 1. The van der Waals surface area contributed by atoms with Crippen molar-refractivity contribution in [2.75, 3.05) is 33.6 Å². The van der Waals surface area contributed by atoms with Crippen LogP contribution in [0.15, 0.2) is 60.7 Å². The molecule has 0 aliphatic carbocycles. The Hall–Kier alpha value is -3.55. The first-order valence-corrected chi connectivity index (χ1v) is 12.1. The van der Waals surface area contributed by atoms with Gasteiger partial charge in [0.25, 0.3) is 5.91 Å². The summed E-state index contributed by atoms with van der Waals surface area (Å²) in [5.74, 6) is 0.728. The monoisotopic (exact) mass is 505 g/mol. The molecule has 5 rings (SSSR count). The van der Waals surface area contributed by atoms with E-state index in [1.807, 2.05) is 35.2 Å². The zero-order valence-electron chi connectivity index (χ0n) is 20.7. The van der Waals surface area contributed by atoms with Crippen molar-refractivity contribution in [2.45, 2.75) is 24.5 Å². The van der Waals surface area contributed by atoms with E-state index in [1.54, 1.807) is 63.5 Å². The maximum absolute atomic E-state index is 14.2. The molecule has 0 saturated heterocycles. The Morgan fingerprint density at radius 1 is 1.03 bits per heavy atom. The van der Waals surface area contributed by atoms with Crippen molar-refractivity contribution in [1.82, 2.24) is 9.80 Å². The maximum atomic E-state index is 14.2. The first-order valence-electron chi connectivity index (χ1n) is 11.7. The summed E-state index contributed by atoms with van der Waals surface area (Å²) in [5.41, 5.74) is 2.73. The van der Waals surface area contributed by atoms with E-state index in [-0.39, 0.29) is 11.8 Å². The number of benzene rings is 3. The molecular weight excluding hydrogens is 478 g/mol. The van der Waals surface area contributed by atoms with Crippen LogP contribution < -0.4 is 14.8 Å². The second kappa shape index (κ2) is 9.15. The van der Waals surface area contributed by atoms with Gasteiger partial charge in [-0.05, 0) is 47.9 Å². The Balaban J connectivity index is 1.84. The van der Waals surface area contributed by atoms with Gasteiger partial charge in [0.15, 0.2) is 5.54 Å². The van der Waals surface area contributed by atoms with E-state index in [2.05, 4.69) is 5.32 Å². The second-order valence-corrected chi connectivity index (χ2v) is 9.71. The zero-order valence-corrected chi connectivity index (χ0v) is 21.4. The van der Waals surface area contributed by atoms with Gasteiger partial charge in [0, 0.05) is 48.5 Å². The highest BCUT2D eigenvalue weighted by molar-refractivity contribution is 6.31. The lowest BCUT2D eigenvalue weighted by molar-refractivity contribution is -0.141. The number of likely N-dealkylation sites (N-methyl/N-ethyl adjacent to an activating group) is 1. The Labute approximate surface area is 215 Å². The highest BCUT2D eigenvalue weighted by Gasteiger charge is 2.58. The van der Waals surface area contributed by atoms with Crippen LogP contribution >= 0.6 is 11.6 Å². The summed E-state index contributed by atoms with van der Waals surface area (Å²) in [7, 11) is 6.61. The standard InChI is InChI=1S/C28H28ClN3O4/c1-31(2)26(33)24-13-17-7-5-6-8-18(17)16-32(24)28(21-11-10-20(35-3)15-25(21)36-4)22-14-19(29)9-12-23(22)30-27(28)34/h5-12,14-15,24H,13,16H2,1-4H3,(H,30,34)/t24-,28?/m0/s1. The Morgan fingerprint density at radius 3 is 2.47 bits per heavy atom. The van der Waals surface area contributed by atoms with E-state index in [9.17, 15) is 9.59 Å². The molecule has 2 heterocycles. The van der Waals surface area contributed by atoms with Gasteiger partial charge in [-0.1, -0.05) is 35.9 Å². The average molecular weight is 506 g/mol. The molecule has 186 valence electrons. The summed E-state index contributed by atoms with van der Waals surface area (Å²) in [4.78, 5) is 31.5. The molecule has 0 aromatic heterocycles. The van der Waals surface area contributed by atoms with Gasteiger partial charge in [0.05, 0.1) is 20.3 Å². The molecule has 36 heavy (non-hydrogen) atoms. The number of methoxy groups -OCH3 is 2. The number of carbonyl (C=O) groups excluding carboxylic acids is 2. The third-order valence-corrected chi connectivity index (χ3v) is 7.39. The minimum Gasteiger partial charge on any atom is -0.497 e. The summed E-state index contributed by atoms with van der Waals surface area (Å²) < 4.78 is 11.2. The molecule has 2 atom stereocenters. The van der Waals surface area contributed by atoms with E-state index in [0.29, 0.717) is 46.3 Å². The van der Waals surface area contributed by atoms with Crippen LogP contribution in [0, 0.1) is 0 Å². The average Bonchev–Trinajstić information content (AvgIpc) is 3.18. The minimum absolute atomic E-state index is 0.0837. The summed E-state index contributed by atoms with van der Waals surface area (Å²) in [6.07, 6.45) is 0.469. The molecule has 0 fully saturated rings. The van der Waals surface area contributed by atoms with Crippen molar-refractivity contribution < 1.29 is 19.1 Å². The lowest BCUT2D eigenvalue weighted by Crippen LogP contribution is -2.61. The van der Waals surface area contributed by atoms with Gasteiger partial charge in [-0.15, -0.1) is 0 Å². The van der Waals surface area contributed by atoms with E-state index in [1.165, 1.54) is 0 Å². The van der Waals surface area contributed by atoms with Gasteiger partial charge in [-0.25, -0.2) is 0 Å². The third-order valence-electron chi connectivity index (χ3n) is 7.15. The molecule has 3 aromatic carbocycles. The van der Waals surface area contributed by atoms with Crippen molar-refractivity contribution in [3.63, 3.8) is 0 Å². The lowest BCUT2D eigenvalue weighted by Gasteiger charge is -2.47. The van der Waals surface area contributed by atoms with Crippen molar-refractivity contribution in [1.29, 1.82) is 0 Å². The molecular formula is C28H28ClN3O4. The van der Waals surface area contributed by atoms with Crippen LogP contribution in [0.25, 0.3) is 0 Å². The quantitative estimate of drug-likeness (QED) is 0.566. The fourth-order valence-corrected chi connectivity index (χ4v) is 5.63. The summed E-state index contributed by atoms with van der Waals surface area (Å²) in [6, 6.07) is 18.2. The molecule has 1 N–H and O–H groups in total. The molecule has 0 bridgehead atoms. The van der Waals surface area contributed by atoms with Crippen molar-refractivity contribution in [2.24, 2.45) is 0 Å². The van der Waals surface area contributed by atoms with Gasteiger partial charge >= 0.3 is 0 Å². The summed E-state index contributed by atoms with van der Waals surface area (Å²) in [5, 5.41) is 3.55. The Morgan fingerprint density at radius 2 is 1.78 bits per heavy atom. The number of rotatable bonds is 5. The first kappa shape index (κ1) is 24.2. The van der Waals surface area contributed by atoms with E-state index in [0.717, 1.165) is 11.1 Å². The molecule has 7 nitrogen and oxygen atoms in total. The lowest BCUT2D eigenvalue weighted by atomic mass is 9.77. The number of amides is 2. The number of nitrogens with zero attached hydrogens (tertiary/aromatic N) is 2. The fourth-order valence-electron chi connectivity index (χ4n) is 5.46. The van der Waals surface area contributed by atoms with Gasteiger partial charge in [0.2, 0.25) is 5.91 Å². The van der Waals surface area contributed by atoms with Crippen LogP contribution in [-0.4, -0.2) is 56.0 Å². The van der Waals surface area contributed by atoms with Gasteiger partial charge in [-0.2, -0.15) is 0 Å². The van der Waals surface area contributed by atoms with E-state index < -0.39 is 11.6 Å². The van der Waals surface area contributed by atoms with Gasteiger partial charge in [-0.3, -0.25) is 14.5 Å². The molecule has 8 heteroatoms. The number of carbonyl (C=O) groups is 2.